The molecule has 1 spiro atoms. The highest BCUT2D eigenvalue weighted by Gasteiger charge is 2.73. The number of hydrazone groups is 1. The molecule has 1 aromatic rings. The van der Waals surface area contributed by atoms with E-state index in [1.54, 1.807) is 5.01 Å². The number of hydrogen-bond donors (Lipinski definition) is 0. The van der Waals surface area contributed by atoms with Gasteiger partial charge in [0.15, 0.2) is 0 Å². The van der Waals surface area contributed by atoms with E-state index < -0.39 is 0 Å². The Bertz CT molecular complexity index is 700. The second kappa shape index (κ2) is 5.84. The lowest BCUT2D eigenvalue weighted by molar-refractivity contribution is 0.0561. The largest absolute Gasteiger partial charge is 0.442 e. The molecule has 4 rings (SSSR count). The van der Waals surface area contributed by atoms with Gasteiger partial charge in [0.2, 0.25) is 0 Å². The molecule has 1 saturated heterocycles. The predicted octanol–water partition coefficient (Wildman–Crippen LogP) is 3.98. The SMILES string of the molecule is C/C(COCc1ccccc1)=N\N1C(=O)O[C@@H]2C[C@H]3CC[C@]21C3(C)C. The van der Waals surface area contributed by atoms with Gasteiger partial charge in [-0.1, -0.05) is 44.2 Å². The lowest BCUT2D eigenvalue weighted by Crippen LogP contribution is -2.53. The third-order valence-corrected chi connectivity index (χ3v) is 6.53. The van der Waals surface area contributed by atoms with Crippen molar-refractivity contribution in [3.05, 3.63) is 35.9 Å². The fourth-order valence-corrected chi connectivity index (χ4v) is 5.09. The van der Waals surface area contributed by atoms with Crippen molar-refractivity contribution < 1.29 is 14.3 Å². The monoisotopic (exact) mass is 342 g/mol. The van der Waals surface area contributed by atoms with Crippen LogP contribution in [0, 0.1) is 11.3 Å². The normalized spacial score (nSPS) is 32.8. The molecule has 2 aliphatic carbocycles. The van der Waals surface area contributed by atoms with Gasteiger partial charge in [-0.25, -0.2) is 4.79 Å². The minimum atomic E-state index is -0.305. The van der Waals surface area contributed by atoms with Gasteiger partial charge in [-0.2, -0.15) is 10.1 Å². The van der Waals surface area contributed by atoms with Crippen LogP contribution in [0.15, 0.2) is 35.4 Å². The van der Waals surface area contributed by atoms with Crippen molar-refractivity contribution in [1.82, 2.24) is 5.01 Å². The molecule has 25 heavy (non-hydrogen) atoms. The quantitative estimate of drug-likeness (QED) is 0.761. The van der Waals surface area contributed by atoms with E-state index in [1.807, 2.05) is 37.3 Å². The fourth-order valence-electron chi connectivity index (χ4n) is 5.09. The molecule has 1 aromatic carbocycles. The van der Waals surface area contributed by atoms with Crippen molar-refractivity contribution in [2.45, 2.75) is 58.3 Å². The molecule has 0 radical (unpaired) electrons. The van der Waals surface area contributed by atoms with Crippen molar-refractivity contribution in [2.24, 2.45) is 16.4 Å². The minimum absolute atomic E-state index is 0.0180. The Balaban J connectivity index is 1.47. The molecule has 1 aliphatic heterocycles. The number of nitrogens with zero attached hydrogens (tertiary/aromatic N) is 2. The van der Waals surface area contributed by atoms with Crippen LogP contribution in [0.3, 0.4) is 0 Å². The molecule has 0 N–H and O–H groups in total. The first kappa shape index (κ1) is 16.6. The maximum absolute atomic E-state index is 12.4. The molecular formula is C20H26N2O3. The predicted molar refractivity (Wildman–Crippen MR) is 95.2 cm³/mol. The third-order valence-electron chi connectivity index (χ3n) is 6.53. The summed E-state index contributed by atoms with van der Waals surface area (Å²) in [5.41, 5.74) is 1.69. The molecule has 0 unspecified atom stereocenters. The number of hydrogen-bond acceptors (Lipinski definition) is 4. The number of amides is 1. The standard InChI is InChI=1S/C20H26N2O3/c1-14(12-24-13-15-7-5-4-6-8-15)21-22-18(23)25-17-11-16-9-10-20(17,22)19(16,2)3/h4-8,16-17H,9-13H2,1-3H3/b21-14+/t16-,17-,20-/m1/s1. The van der Waals surface area contributed by atoms with E-state index in [2.05, 4.69) is 18.9 Å². The zero-order valence-electron chi connectivity index (χ0n) is 15.2. The van der Waals surface area contributed by atoms with Crippen LogP contribution in [0.25, 0.3) is 0 Å². The molecule has 2 saturated carbocycles. The number of carbonyl (C=O) groups is 1. The smallest absolute Gasteiger partial charge is 0.431 e. The van der Waals surface area contributed by atoms with Crippen LogP contribution < -0.4 is 0 Å². The second-order valence-corrected chi connectivity index (χ2v) is 8.12. The molecule has 134 valence electrons. The van der Waals surface area contributed by atoms with Gasteiger partial charge in [-0.15, -0.1) is 0 Å². The van der Waals surface area contributed by atoms with Crippen molar-refractivity contribution >= 4 is 11.8 Å². The zero-order chi connectivity index (χ0) is 17.7. The average Bonchev–Trinajstić information content (AvgIpc) is 3.09. The van der Waals surface area contributed by atoms with Gasteiger partial charge < -0.3 is 9.47 Å². The lowest BCUT2D eigenvalue weighted by Gasteiger charge is -2.39. The molecule has 3 aliphatic rings. The van der Waals surface area contributed by atoms with E-state index in [1.165, 1.54) is 0 Å². The lowest BCUT2D eigenvalue weighted by atomic mass is 9.75. The summed E-state index contributed by atoms with van der Waals surface area (Å²) in [6.45, 7) is 7.38. The van der Waals surface area contributed by atoms with Crippen molar-refractivity contribution in [2.75, 3.05) is 6.61 Å². The van der Waals surface area contributed by atoms with Gasteiger partial charge in [-0.3, -0.25) is 0 Å². The number of ether oxygens (including phenoxy) is 2. The summed E-state index contributed by atoms with van der Waals surface area (Å²) in [6, 6.07) is 10.1. The van der Waals surface area contributed by atoms with Crippen molar-refractivity contribution in [3.8, 4) is 0 Å². The number of fused-ring (bicyclic) bond motifs is 1. The molecule has 1 amide bonds. The van der Waals surface area contributed by atoms with E-state index in [9.17, 15) is 4.79 Å². The Labute approximate surface area is 149 Å². The average molecular weight is 342 g/mol. The van der Waals surface area contributed by atoms with Crippen LogP contribution in [0.1, 0.15) is 45.6 Å². The van der Waals surface area contributed by atoms with E-state index in [-0.39, 0.29) is 23.2 Å². The van der Waals surface area contributed by atoms with Crippen LogP contribution in [0.2, 0.25) is 0 Å². The van der Waals surface area contributed by atoms with Crippen LogP contribution in [0.4, 0.5) is 4.79 Å². The topological polar surface area (TPSA) is 51.1 Å². The zero-order valence-corrected chi connectivity index (χ0v) is 15.2. The van der Waals surface area contributed by atoms with Gasteiger partial charge >= 0.3 is 6.09 Å². The molecule has 3 fully saturated rings. The Morgan fingerprint density at radius 2 is 2.12 bits per heavy atom. The molecule has 1 heterocycles. The molecule has 0 aromatic heterocycles. The van der Waals surface area contributed by atoms with Crippen LogP contribution >= 0.6 is 0 Å². The fraction of sp³-hybridized carbons (Fsp3) is 0.600. The van der Waals surface area contributed by atoms with Gasteiger partial charge in [0.1, 0.15) is 11.6 Å². The molecule has 5 heteroatoms. The molecule has 3 atom stereocenters. The third kappa shape index (κ3) is 2.40. The highest BCUT2D eigenvalue weighted by atomic mass is 16.6. The molecule has 5 nitrogen and oxygen atoms in total. The van der Waals surface area contributed by atoms with Crippen LogP contribution in [0.5, 0.6) is 0 Å². The van der Waals surface area contributed by atoms with Crippen molar-refractivity contribution in [1.29, 1.82) is 0 Å². The first-order valence-electron chi connectivity index (χ1n) is 9.12. The summed E-state index contributed by atoms with van der Waals surface area (Å²) in [5.74, 6) is 0.609. The minimum Gasteiger partial charge on any atom is -0.442 e. The number of benzene rings is 1. The van der Waals surface area contributed by atoms with Gasteiger partial charge in [0.25, 0.3) is 0 Å². The number of rotatable bonds is 5. The van der Waals surface area contributed by atoms with Crippen LogP contribution in [-0.2, 0) is 16.1 Å². The summed E-state index contributed by atoms with van der Waals surface area (Å²) in [4.78, 5) is 12.4. The first-order valence-corrected chi connectivity index (χ1v) is 9.12. The Hall–Kier alpha value is -1.88. The summed E-state index contributed by atoms with van der Waals surface area (Å²) in [5, 5.41) is 6.29. The second-order valence-electron chi connectivity index (χ2n) is 8.12. The van der Waals surface area contributed by atoms with Gasteiger partial charge in [0, 0.05) is 0 Å². The summed E-state index contributed by atoms with van der Waals surface area (Å²) < 4.78 is 11.4. The maximum atomic E-state index is 12.4. The van der Waals surface area contributed by atoms with Gasteiger partial charge in [0.05, 0.1) is 18.9 Å². The van der Waals surface area contributed by atoms with Crippen LogP contribution in [-0.4, -0.2) is 35.1 Å². The Kier molecular flexibility index (Phi) is 3.87. The summed E-state index contributed by atoms with van der Waals surface area (Å²) in [6.07, 6.45) is 2.77. The van der Waals surface area contributed by atoms with E-state index in [0.717, 1.165) is 30.5 Å². The maximum Gasteiger partial charge on any atom is 0.431 e. The van der Waals surface area contributed by atoms with E-state index in [4.69, 9.17) is 9.47 Å². The van der Waals surface area contributed by atoms with E-state index >= 15 is 0 Å². The molecular weight excluding hydrogens is 316 g/mol. The summed E-state index contributed by atoms with van der Waals surface area (Å²) >= 11 is 0. The Morgan fingerprint density at radius 3 is 2.84 bits per heavy atom. The number of carbonyl (C=O) groups excluding carboxylic acids is 1. The van der Waals surface area contributed by atoms with Gasteiger partial charge in [-0.05, 0) is 43.1 Å². The highest BCUT2D eigenvalue weighted by Crippen LogP contribution is 2.65. The van der Waals surface area contributed by atoms with E-state index in [0.29, 0.717) is 19.1 Å². The summed E-state index contributed by atoms with van der Waals surface area (Å²) in [7, 11) is 0. The Morgan fingerprint density at radius 1 is 1.36 bits per heavy atom. The highest BCUT2D eigenvalue weighted by molar-refractivity contribution is 5.85. The van der Waals surface area contributed by atoms with Crippen molar-refractivity contribution in [3.63, 3.8) is 0 Å². The molecule has 2 bridgehead atoms. The first-order chi connectivity index (χ1) is 11.9.